The molecule has 1 heterocycles. The highest BCUT2D eigenvalue weighted by Gasteiger charge is 2.36. The van der Waals surface area contributed by atoms with Crippen LogP contribution >= 0.6 is 0 Å². The van der Waals surface area contributed by atoms with Crippen LogP contribution in [-0.2, 0) is 14.4 Å². The predicted molar refractivity (Wildman–Crippen MR) is 76.9 cm³/mol. The lowest BCUT2D eigenvalue weighted by atomic mass is 10.0. The van der Waals surface area contributed by atoms with E-state index in [2.05, 4.69) is 5.32 Å². The Morgan fingerprint density at radius 1 is 1.38 bits per heavy atom. The number of nitrogens with zero attached hydrogens (tertiary/aromatic N) is 1. The molecule has 1 saturated heterocycles. The summed E-state index contributed by atoms with van der Waals surface area (Å²) in [4.78, 5) is 35.9. The van der Waals surface area contributed by atoms with Crippen molar-refractivity contribution in [3.8, 4) is 0 Å². The van der Waals surface area contributed by atoms with E-state index in [1.807, 2.05) is 30.3 Å². The fraction of sp³-hybridized carbons (Fsp3) is 0.400. The maximum Gasteiger partial charge on any atom is 0.252 e. The van der Waals surface area contributed by atoms with E-state index >= 15 is 0 Å². The third-order valence-corrected chi connectivity index (χ3v) is 3.63. The lowest BCUT2D eigenvalue weighted by molar-refractivity contribution is -0.138. The number of likely N-dealkylation sites (tertiary alicyclic amines) is 1. The molecular weight excluding hydrogens is 270 g/mol. The maximum absolute atomic E-state index is 11.8. The molecule has 3 amide bonds. The van der Waals surface area contributed by atoms with E-state index < -0.39 is 6.04 Å². The molecule has 6 nitrogen and oxygen atoms in total. The van der Waals surface area contributed by atoms with Gasteiger partial charge >= 0.3 is 0 Å². The van der Waals surface area contributed by atoms with Crippen LogP contribution < -0.4 is 11.1 Å². The largest absolute Gasteiger partial charge is 0.344 e. The molecule has 1 aliphatic rings. The van der Waals surface area contributed by atoms with Crippen molar-refractivity contribution >= 4 is 17.7 Å². The maximum atomic E-state index is 11.8. The van der Waals surface area contributed by atoms with Gasteiger partial charge in [-0.15, -0.1) is 0 Å². The Labute approximate surface area is 123 Å². The zero-order chi connectivity index (χ0) is 15.4. The van der Waals surface area contributed by atoms with Crippen LogP contribution in [0.2, 0.25) is 0 Å². The zero-order valence-electron chi connectivity index (χ0n) is 11.9. The number of carbonyl (C=O) groups is 3. The van der Waals surface area contributed by atoms with Crippen molar-refractivity contribution in [2.45, 2.75) is 31.3 Å². The highest BCUT2D eigenvalue weighted by atomic mass is 16.2. The van der Waals surface area contributed by atoms with Crippen LogP contribution in [0.25, 0.3) is 0 Å². The summed E-state index contributed by atoms with van der Waals surface area (Å²) in [5.74, 6) is -0.894. The molecular formula is C15H19N3O3. The number of hydrogen-bond acceptors (Lipinski definition) is 4. The molecule has 0 spiro atoms. The van der Waals surface area contributed by atoms with E-state index in [4.69, 9.17) is 5.73 Å². The molecule has 1 aromatic carbocycles. The van der Waals surface area contributed by atoms with Crippen LogP contribution in [0, 0.1) is 0 Å². The molecule has 112 valence electrons. The summed E-state index contributed by atoms with van der Waals surface area (Å²) in [5.41, 5.74) is 6.98. The summed E-state index contributed by atoms with van der Waals surface area (Å²) in [6, 6.07) is 8.57. The molecule has 2 rings (SSSR count). The molecule has 3 N–H and O–H groups in total. The average molecular weight is 289 g/mol. The summed E-state index contributed by atoms with van der Waals surface area (Å²) in [6.07, 6.45) is 0.740. The number of hydrogen-bond donors (Lipinski definition) is 2. The quantitative estimate of drug-likeness (QED) is 0.765. The Morgan fingerprint density at radius 3 is 2.62 bits per heavy atom. The highest BCUT2D eigenvalue weighted by Crippen LogP contribution is 2.16. The Hall–Kier alpha value is -2.21. The lowest BCUT2D eigenvalue weighted by Gasteiger charge is -2.14. The van der Waals surface area contributed by atoms with Crippen LogP contribution in [0.15, 0.2) is 30.3 Å². The van der Waals surface area contributed by atoms with Crippen molar-refractivity contribution in [1.82, 2.24) is 10.2 Å². The second kappa shape index (κ2) is 6.49. The minimum atomic E-state index is -0.733. The van der Waals surface area contributed by atoms with Gasteiger partial charge in [0.25, 0.3) is 5.91 Å². The molecule has 0 bridgehead atoms. The van der Waals surface area contributed by atoms with E-state index in [-0.39, 0.29) is 36.6 Å². The topological polar surface area (TPSA) is 92.5 Å². The van der Waals surface area contributed by atoms with Crippen molar-refractivity contribution in [2.75, 3.05) is 7.05 Å². The van der Waals surface area contributed by atoms with Gasteiger partial charge in [0.2, 0.25) is 11.8 Å². The summed E-state index contributed by atoms with van der Waals surface area (Å²) in [7, 11) is 1.42. The van der Waals surface area contributed by atoms with Gasteiger partial charge in [-0.05, 0) is 12.0 Å². The number of amides is 3. The van der Waals surface area contributed by atoms with Crippen molar-refractivity contribution in [3.05, 3.63) is 35.9 Å². The van der Waals surface area contributed by atoms with Crippen molar-refractivity contribution < 1.29 is 14.4 Å². The number of likely N-dealkylation sites (N-methyl/N-ethyl adjacent to an activating group) is 1. The van der Waals surface area contributed by atoms with Crippen LogP contribution in [0.5, 0.6) is 0 Å². The number of benzene rings is 1. The van der Waals surface area contributed by atoms with E-state index in [1.165, 1.54) is 7.05 Å². The second-order valence-corrected chi connectivity index (χ2v) is 5.17. The minimum Gasteiger partial charge on any atom is -0.344 e. The smallest absolute Gasteiger partial charge is 0.252 e. The number of imide groups is 1. The first-order valence-electron chi connectivity index (χ1n) is 6.89. The monoisotopic (exact) mass is 289 g/mol. The van der Waals surface area contributed by atoms with E-state index in [1.54, 1.807) is 0 Å². The Balaban J connectivity index is 1.80. The molecule has 1 aliphatic heterocycles. The second-order valence-electron chi connectivity index (χ2n) is 5.17. The first kappa shape index (κ1) is 15.2. The van der Waals surface area contributed by atoms with Gasteiger partial charge in [-0.2, -0.15) is 0 Å². The van der Waals surface area contributed by atoms with Crippen molar-refractivity contribution in [3.63, 3.8) is 0 Å². The van der Waals surface area contributed by atoms with Gasteiger partial charge < -0.3 is 11.1 Å². The number of rotatable bonds is 5. The molecule has 1 fully saturated rings. The molecule has 1 aromatic rings. The summed E-state index contributed by atoms with van der Waals surface area (Å²) < 4.78 is 0. The molecule has 0 aliphatic carbocycles. The SMILES string of the molecule is CN1C(=O)CC(NC(=O)CCC(N)c2ccccc2)C1=O. The third kappa shape index (κ3) is 3.66. The molecule has 0 radical (unpaired) electrons. The van der Waals surface area contributed by atoms with Crippen LogP contribution in [-0.4, -0.2) is 35.7 Å². The zero-order valence-corrected chi connectivity index (χ0v) is 11.9. The van der Waals surface area contributed by atoms with Gasteiger partial charge in [0.1, 0.15) is 6.04 Å². The average Bonchev–Trinajstić information content (AvgIpc) is 2.73. The normalized spacial score (nSPS) is 19.7. The summed E-state index contributed by atoms with van der Waals surface area (Å²) in [5, 5.41) is 2.59. The van der Waals surface area contributed by atoms with E-state index in [9.17, 15) is 14.4 Å². The fourth-order valence-electron chi connectivity index (χ4n) is 2.29. The number of nitrogens with two attached hydrogens (primary N) is 1. The fourth-order valence-corrected chi connectivity index (χ4v) is 2.29. The summed E-state index contributed by atoms with van der Waals surface area (Å²) in [6.45, 7) is 0. The van der Waals surface area contributed by atoms with Gasteiger partial charge in [-0.1, -0.05) is 30.3 Å². The number of carbonyl (C=O) groups excluding carboxylic acids is 3. The minimum absolute atomic E-state index is 0.0335. The molecule has 21 heavy (non-hydrogen) atoms. The Bertz CT molecular complexity index is 544. The van der Waals surface area contributed by atoms with Gasteiger partial charge in [0.05, 0.1) is 6.42 Å². The Morgan fingerprint density at radius 2 is 2.05 bits per heavy atom. The van der Waals surface area contributed by atoms with Gasteiger partial charge in [0, 0.05) is 19.5 Å². The van der Waals surface area contributed by atoms with E-state index in [0.29, 0.717) is 6.42 Å². The standard InChI is InChI=1S/C15H19N3O3/c1-18-14(20)9-12(15(18)21)17-13(19)8-7-11(16)10-5-3-2-4-6-10/h2-6,11-12H,7-9,16H2,1H3,(H,17,19). The molecule has 2 unspecified atom stereocenters. The van der Waals surface area contributed by atoms with Crippen LogP contribution in [0.1, 0.15) is 30.9 Å². The van der Waals surface area contributed by atoms with Crippen molar-refractivity contribution in [1.29, 1.82) is 0 Å². The molecule has 2 atom stereocenters. The molecule has 0 saturated carbocycles. The van der Waals surface area contributed by atoms with Gasteiger partial charge in [0.15, 0.2) is 0 Å². The first-order valence-corrected chi connectivity index (χ1v) is 6.89. The lowest BCUT2D eigenvalue weighted by Crippen LogP contribution is -2.40. The van der Waals surface area contributed by atoms with Crippen LogP contribution in [0.4, 0.5) is 0 Å². The molecule has 6 heteroatoms. The number of nitrogens with one attached hydrogen (secondary N) is 1. The first-order chi connectivity index (χ1) is 9.99. The summed E-state index contributed by atoms with van der Waals surface area (Å²) >= 11 is 0. The van der Waals surface area contributed by atoms with Crippen LogP contribution in [0.3, 0.4) is 0 Å². The van der Waals surface area contributed by atoms with E-state index in [0.717, 1.165) is 10.5 Å². The van der Waals surface area contributed by atoms with Gasteiger partial charge in [-0.25, -0.2) is 0 Å². The highest BCUT2D eigenvalue weighted by molar-refractivity contribution is 6.06. The Kier molecular flexibility index (Phi) is 4.70. The van der Waals surface area contributed by atoms with Crippen molar-refractivity contribution in [2.24, 2.45) is 5.73 Å². The third-order valence-electron chi connectivity index (χ3n) is 3.63. The van der Waals surface area contributed by atoms with Gasteiger partial charge in [-0.3, -0.25) is 19.3 Å². The molecule has 0 aromatic heterocycles. The predicted octanol–water partition coefficient (Wildman–Crippen LogP) is 0.340.